The molecule has 5 nitrogen and oxygen atoms in total. The van der Waals surface area contributed by atoms with Gasteiger partial charge in [0.15, 0.2) is 5.41 Å². The van der Waals surface area contributed by atoms with Crippen molar-refractivity contribution in [2.24, 2.45) is 5.41 Å². The first-order valence-corrected chi connectivity index (χ1v) is 7.37. The number of aldehydes is 1. The van der Waals surface area contributed by atoms with Gasteiger partial charge in [-0.1, -0.05) is 29.3 Å². The summed E-state index contributed by atoms with van der Waals surface area (Å²) in [6.45, 7) is 1.72. The van der Waals surface area contributed by atoms with Gasteiger partial charge in [-0.2, -0.15) is 0 Å². The van der Waals surface area contributed by atoms with E-state index in [0.717, 1.165) is 0 Å². The maximum Gasteiger partial charge on any atom is 0.324 e. The van der Waals surface area contributed by atoms with Crippen LogP contribution in [0.2, 0.25) is 5.02 Å². The molecule has 1 aliphatic rings. The van der Waals surface area contributed by atoms with Crippen LogP contribution >= 0.6 is 11.6 Å². The van der Waals surface area contributed by atoms with Gasteiger partial charge < -0.3 is 9.47 Å². The summed E-state index contributed by atoms with van der Waals surface area (Å²) in [5.41, 5.74) is 0.0838. The van der Waals surface area contributed by atoms with Crippen LogP contribution in [0.1, 0.15) is 24.8 Å². The minimum atomic E-state index is -1.60. The molecule has 0 amide bonds. The van der Waals surface area contributed by atoms with Gasteiger partial charge in [0.1, 0.15) is 6.29 Å². The van der Waals surface area contributed by atoms with Gasteiger partial charge in [-0.3, -0.25) is 14.4 Å². The van der Waals surface area contributed by atoms with E-state index in [4.69, 9.17) is 21.1 Å². The van der Waals surface area contributed by atoms with E-state index in [2.05, 4.69) is 0 Å². The summed E-state index contributed by atoms with van der Waals surface area (Å²) < 4.78 is 9.74. The van der Waals surface area contributed by atoms with Crippen LogP contribution in [0.15, 0.2) is 35.4 Å². The number of hydrogen-bond donors (Lipinski definition) is 0. The third-order valence-electron chi connectivity index (χ3n) is 4.27. The number of ether oxygens (including phenoxy) is 2. The van der Waals surface area contributed by atoms with Crippen molar-refractivity contribution in [2.45, 2.75) is 19.3 Å². The molecule has 0 fully saturated rings. The fourth-order valence-corrected chi connectivity index (χ4v) is 3.38. The van der Waals surface area contributed by atoms with Gasteiger partial charge in [0, 0.05) is 16.5 Å². The van der Waals surface area contributed by atoms with Crippen molar-refractivity contribution in [1.82, 2.24) is 0 Å². The topological polar surface area (TPSA) is 69.7 Å². The fourth-order valence-electron chi connectivity index (χ4n) is 3.25. The van der Waals surface area contributed by atoms with E-state index in [0.29, 0.717) is 28.0 Å². The van der Waals surface area contributed by atoms with Crippen molar-refractivity contribution in [1.29, 1.82) is 0 Å². The van der Waals surface area contributed by atoms with Gasteiger partial charge in [-0.05, 0) is 31.0 Å². The zero-order chi connectivity index (χ0) is 17.2. The van der Waals surface area contributed by atoms with Crippen LogP contribution in [-0.4, -0.2) is 32.4 Å². The van der Waals surface area contributed by atoms with Crippen molar-refractivity contribution in [3.63, 3.8) is 0 Å². The highest BCUT2D eigenvalue weighted by Gasteiger charge is 2.59. The summed E-state index contributed by atoms with van der Waals surface area (Å²) in [5, 5.41) is 0.516. The maximum atomic E-state index is 12.5. The smallest absolute Gasteiger partial charge is 0.324 e. The van der Waals surface area contributed by atoms with Crippen LogP contribution in [0, 0.1) is 5.41 Å². The zero-order valence-corrected chi connectivity index (χ0v) is 13.8. The highest BCUT2D eigenvalue weighted by atomic mass is 35.5. The van der Waals surface area contributed by atoms with Gasteiger partial charge in [-0.15, -0.1) is 0 Å². The first kappa shape index (κ1) is 17.2. The Morgan fingerprint density at radius 3 is 2.13 bits per heavy atom. The fraction of sp³-hybridized carbons (Fsp3) is 0.353. The highest BCUT2D eigenvalue weighted by Crippen LogP contribution is 2.53. The van der Waals surface area contributed by atoms with Crippen molar-refractivity contribution in [3.8, 4) is 0 Å². The summed E-state index contributed by atoms with van der Waals surface area (Å²) >= 11 is 5.90. The average molecular weight is 337 g/mol. The van der Waals surface area contributed by atoms with Gasteiger partial charge in [0.25, 0.3) is 0 Å². The third kappa shape index (κ3) is 2.65. The molecule has 0 heterocycles. The van der Waals surface area contributed by atoms with Gasteiger partial charge in [0.2, 0.25) is 0 Å². The van der Waals surface area contributed by atoms with Crippen LogP contribution in [0.3, 0.4) is 0 Å². The van der Waals surface area contributed by atoms with E-state index in [1.165, 1.54) is 14.2 Å². The molecule has 1 aromatic carbocycles. The zero-order valence-electron chi connectivity index (χ0n) is 13.1. The van der Waals surface area contributed by atoms with Crippen molar-refractivity contribution in [3.05, 3.63) is 46.0 Å². The van der Waals surface area contributed by atoms with Crippen molar-refractivity contribution in [2.75, 3.05) is 14.2 Å². The number of carbonyl (C=O) groups excluding carboxylic acids is 3. The average Bonchev–Trinajstić information content (AvgIpc) is 2.87. The molecule has 0 saturated heterocycles. The van der Waals surface area contributed by atoms with Gasteiger partial charge in [-0.25, -0.2) is 0 Å². The summed E-state index contributed by atoms with van der Waals surface area (Å²) in [7, 11) is 2.42. The Hall–Kier alpha value is -2.14. The third-order valence-corrected chi connectivity index (χ3v) is 4.52. The highest BCUT2D eigenvalue weighted by molar-refractivity contribution is 6.30. The second-order valence-corrected chi connectivity index (χ2v) is 5.91. The largest absolute Gasteiger partial charge is 0.468 e. The van der Waals surface area contributed by atoms with Gasteiger partial charge >= 0.3 is 11.9 Å². The van der Waals surface area contributed by atoms with E-state index in [1.807, 2.05) is 0 Å². The number of benzene rings is 1. The number of hydrogen-bond acceptors (Lipinski definition) is 5. The standard InChI is InChI=1S/C17H17ClO5/c1-10-8-17(15(20)22-2,16(21)23-3)14(13(10)9-19)11-4-6-12(18)7-5-11/h4-7,9,14H,8H2,1-3H3/t14-/m1/s1. The Labute approximate surface area is 139 Å². The monoisotopic (exact) mass is 336 g/mol. The first-order valence-electron chi connectivity index (χ1n) is 6.99. The Bertz CT molecular complexity index is 659. The Morgan fingerprint density at radius 1 is 1.17 bits per heavy atom. The van der Waals surface area contributed by atoms with Crippen LogP contribution in [0.5, 0.6) is 0 Å². The molecule has 0 aromatic heterocycles. The Kier molecular flexibility index (Phi) is 4.90. The lowest BCUT2D eigenvalue weighted by Crippen LogP contribution is -2.44. The van der Waals surface area contributed by atoms with E-state index in [-0.39, 0.29) is 6.42 Å². The molecule has 122 valence electrons. The predicted octanol–water partition coefficient (Wildman–Crippen LogP) is 2.68. The number of esters is 2. The quantitative estimate of drug-likeness (QED) is 0.480. The molecule has 1 aromatic rings. The number of halogens is 1. The Balaban J connectivity index is 2.70. The molecule has 23 heavy (non-hydrogen) atoms. The van der Waals surface area contributed by atoms with E-state index < -0.39 is 23.3 Å². The van der Waals surface area contributed by atoms with Gasteiger partial charge in [0.05, 0.1) is 14.2 Å². The van der Waals surface area contributed by atoms with E-state index in [1.54, 1.807) is 31.2 Å². The van der Waals surface area contributed by atoms with Crippen LogP contribution < -0.4 is 0 Å². The summed E-state index contributed by atoms with van der Waals surface area (Å²) in [6, 6.07) is 6.67. The minimum absolute atomic E-state index is 0.0771. The SMILES string of the molecule is COC(=O)C1(C(=O)OC)CC(C)=C(C=O)[C@H]1c1ccc(Cl)cc1. The molecular weight excluding hydrogens is 320 g/mol. The van der Waals surface area contributed by atoms with Crippen LogP contribution in [0.4, 0.5) is 0 Å². The van der Waals surface area contributed by atoms with Crippen LogP contribution in [-0.2, 0) is 23.9 Å². The molecule has 1 atom stereocenters. The predicted molar refractivity (Wildman–Crippen MR) is 84.0 cm³/mol. The number of carbonyl (C=O) groups is 3. The molecule has 0 saturated carbocycles. The minimum Gasteiger partial charge on any atom is -0.468 e. The second-order valence-electron chi connectivity index (χ2n) is 5.47. The molecule has 0 bridgehead atoms. The maximum absolute atomic E-state index is 12.5. The molecule has 1 aliphatic carbocycles. The summed E-state index contributed by atoms with van der Waals surface area (Å²) in [6.07, 6.45) is 0.760. The molecule has 2 rings (SSSR count). The molecule has 0 unspecified atom stereocenters. The number of rotatable bonds is 4. The molecule has 0 aliphatic heterocycles. The number of methoxy groups -OCH3 is 2. The first-order chi connectivity index (χ1) is 10.9. The summed E-state index contributed by atoms with van der Waals surface area (Å²) in [5.74, 6) is -2.21. The normalized spacial score (nSPS) is 19.4. The lowest BCUT2D eigenvalue weighted by molar-refractivity contribution is -0.169. The number of allylic oxidation sites excluding steroid dienone is 2. The van der Waals surface area contributed by atoms with Crippen LogP contribution in [0.25, 0.3) is 0 Å². The molecule has 6 heteroatoms. The molecular formula is C17H17ClO5. The molecule has 0 N–H and O–H groups in total. The van der Waals surface area contributed by atoms with E-state index in [9.17, 15) is 14.4 Å². The summed E-state index contributed by atoms with van der Waals surface area (Å²) in [4.78, 5) is 36.6. The lowest BCUT2D eigenvalue weighted by Gasteiger charge is -2.31. The molecule has 0 radical (unpaired) electrons. The second kappa shape index (κ2) is 6.54. The molecule has 0 spiro atoms. The van der Waals surface area contributed by atoms with Crippen molar-refractivity contribution >= 4 is 29.8 Å². The lowest BCUT2D eigenvalue weighted by atomic mass is 9.71. The van der Waals surface area contributed by atoms with Crippen molar-refractivity contribution < 1.29 is 23.9 Å². The Morgan fingerprint density at radius 2 is 1.70 bits per heavy atom. The van der Waals surface area contributed by atoms with E-state index >= 15 is 0 Å².